The van der Waals surface area contributed by atoms with Gasteiger partial charge in [-0.05, 0) is 80.4 Å². The maximum Gasteiger partial charge on any atom is 0.233 e. The van der Waals surface area contributed by atoms with E-state index in [1.54, 1.807) is 18.2 Å². The van der Waals surface area contributed by atoms with Crippen LogP contribution in [-0.4, -0.2) is 41.3 Å². The van der Waals surface area contributed by atoms with E-state index in [0.717, 1.165) is 42.1 Å². The molecule has 1 saturated heterocycles. The summed E-state index contributed by atoms with van der Waals surface area (Å²) in [5.41, 5.74) is 2.61. The van der Waals surface area contributed by atoms with Gasteiger partial charge in [-0.2, -0.15) is 0 Å². The minimum absolute atomic E-state index is 0.263. The molecule has 1 aromatic heterocycles. The molecule has 5 nitrogen and oxygen atoms in total. The van der Waals surface area contributed by atoms with Gasteiger partial charge in [0.15, 0.2) is 0 Å². The first kappa shape index (κ1) is 20.3. The highest BCUT2D eigenvalue weighted by Crippen LogP contribution is 2.22. The van der Waals surface area contributed by atoms with Crippen LogP contribution < -0.4 is 9.47 Å². The molecule has 0 bridgehead atoms. The Morgan fingerprint density at radius 1 is 0.833 bits per heavy atom. The van der Waals surface area contributed by atoms with E-state index in [9.17, 15) is 4.39 Å². The van der Waals surface area contributed by atoms with Gasteiger partial charge in [-0.3, -0.25) is 0 Å². The lowest BCUT2D eigenvalue weighted by Crippen LogP contribution is -2.21. The van der Waals surface area contributed by atoms with Gasteiger partial charge in [0.2, 0.25) is 5.88 Å². The van der Waals surface area contributed by atoms with Crippen LogP contribution in [0.5, 0.6) is 11.6 Å². The molecule has 1 aliphatic heterocycles. The zero-order valence-corrected chi connectivity index (χ0v) is 17.0. The number of nitrogens with zero attached hydrogens (tertiary/aromatic N) is 3. The topological polar surface area (TPSA) is 47.5 Å². The first-order valence-electron chi connectivity index (χ1n) is 10.4. The number of hydrogen-bond acceptors (Lipinski definition) is 5. The fourth-order valence-electron chi connectivity index (χ4n) is 3.50. The Kier molecular flexibility index (Phi) is 6.87. The zero-order valence-electron chi connectivity index (χ0n) is 17.0. The molecular weight excluding hydrogens is 381 g/mol. The van der Waals surface area contributed by atoms with Crippen molar-refractivity contribution in [1.82, 2.24) is 15.1 Å². The van der Waals surface area contributed by atoms with Crippen molar-refractivity contribution in [2.45, 2.75) is 25.9 Å². The van der Waals surface area contributed by atoms with Crippen LogP contribution in [0.3, 0.4) is 0 Å². The normalized spacial score (nSPS) is 14.0. The minimum atomic E-state index is -0.263. The molecular formula is C24H26FN3O2. The molecule has 0 amide bonds. The summed E-state index contributed by atoms with van der Waals surface area (Å²) in [6.45, 7) is 4.62. The Morgan fingerprint density at radius 2 is 1.60 bits per heavy atom. The van der Waals surface area contributed by atoms with Gasteiger partial charge < -0.3 is 14.4 Å². The number of benzene rings is 2. The largest absolute Gasteiger partial charge is 0.494 e. The molecule has 3 aromatic rings. The summed E-state index contributed by atoms with van der Waals surface area (Å²) in [5, 5.41) is 8.37. The molecule has 1 aliphatic rings. The number of rotatable bonds is 9. The molecule has 30 heavy (non-hydrogen) atoms. The number of likely N-dealkylation sites (tertiary alicyclic amines) is 1. The van der Waals surface area contributed by atoms with E-state index in [4.69, 9.17) is 9.47 Å². The molecule has 0 N–H and O–H groups in total. The van der Waals surface area contributed by atoms with Gasteiger partial charge in [-0.25, -0.2) is 4.39 Å². The van der Waals surface area contributed by atoms with Crippen LogP contribution in [0.4, 0.5) is 4.39 Å². The summed E-state index contributed by atoms with van der Waals surface area (Å²) >= 11 is 0. The lowest BCUT2D eigenvalue weighted by Gasteiger charge is -2.14. The molecule has 6 heteroatoms. The van der Waals surface area contributed by atoms with Crippen molar-refractivity contribution < 1.29 is 13.9 Å². The molecule has 0 atom stereocenters. The van der Waals surface area contributed by atoms with Crippen molar-refractivity contribution in [1.29, 1.82) is 0 Å². The van der Waals surface area contributed by atoms with E-state index >= 15 is 0 Å². The third-order valence-electron chi connectivity index (χ3n) is 5.18. The summed E-state index contributed by atoms with van der Waals surface area (Å²) in [7, 11) is 0. The molecule has 2 heterocycles. The third-order valence-corrected chi connectivity index (χ3v) is 5.18. The van der Waals surface area contributed by atoms with Gasteiger partial charge in [-0.1, -0.05) is 12.1 Å². The summed E-state index contributed by atoms with van der Waals surface area (Å²) in [5.74, 6) is 1.04. The van der Waals surface area contributed by atoms with Gasteiger partial charge >= 0.3 is 0 Å². The Labute approximate surface area is 176 Å². The molecule has 1 fully saturated rings. The average molecular weight is 407 g/mol. The van der Waals surface area contributed by atoms with Crippen molar-refractivity contribution in [2.24, 2.45) is 0 Å². The quantitative estimate of drug-likeness (QED) is 0.480. The molecule has 0 radical (unpaired) electrons. The molecule has 2 aromatic carbocycles. The van der Waals surface area contributed by atoms with Crippen LogP contribution in [0.25, 0.3) is 11.3 Å². The highest BCUT2D eigenvalue weighted by molar-refractivity contribution is 5.59. The first-order chi connectivity index (χ1) is 14.8. The van der Waals surface area contributed by atoms with Crippen LogP contribution >= 0.6 is 0 Å². The Bertz CT molecular complexity index is 909. The number of aromatic nitrogens is 2. The predicted octanol–water partition coefficient (Wildman–Crippen LogP) is 4.73. The highest BCUT2D eigenvalue weighted by Gasteiger charge is 2.10. The Morgan fingerprint density at radius 3 is 2.30 bits per heavy atom. The van der Waals surface area contributed by atoms with Gasteiger partial charge in [0.1, 0.15) is 18.2 Å². The maximum atomic E-state index is 12.9. The fourth-order valence-corrected chi connectivity index (χ4v) is 3.50. The van der Waals surface area contributed by atoms with E-state index in [0.29, 0.717) is 12.5 Å². The average Bonchev–Trinajstić information content (AvgIpc) is 3.31. The van der Waals surface area contributed by atoms with Gasteiger partial charge in [0.05, 0.1) is 12.3 Å². The number of halogens is 1. The van der Waals surface area contributed by atoms with Crippen LogP contribution in [0.15, 0.2) is 60.7 Å². The Hall–Kier alpha value is -2.99. The minimum Gasteiger partial charge on any atom is -0.494 e. The van der Waals surface area contributed by atoms with Crippen molar-refractivity contribution in [3.63, 3.8) is 0 Å². The van der Waals surface area contributed by atoms with E-state index in [1.807, 2.05) is 30.3 Å². The summed E-state index contributed by atoms with van der Waals surface area (Å²) in [4.78, 5) is 2.50. The number of hydrogen-bond donors (Lipinski definition) is 0. The molecule has 0 aliphatic carbocycles. The first-order valence-corrected chi connectivity index (χ1v) is 10.4. The fraction of sp³-hybridized carbons (Fsp3) is 0.333. The van der Waals surface area contributed by atoms with E-state index in [1.165, 1.54) is 38.1 Å². The van der Waals surface area contributed by atoms with Crippen molar-refractivity contribution in [3.05, 3.63) is 72.0 Å². The zero-order chi connectivity index (χ0) is 20.6. The predicted molar refractivity (Wildman–Crippen MR) is 114 cm³/mol. The van der Waals surface area contributed by atoms with Crippen LogP contribution in [0.2, 0.25) is 0 Å². The molecule has 0 spiro atoms. The third kappa shape index (κ3) is 5.76. The van der Waals surface area contributed by atoms with Crippen LogP contribution in [0.1, 0.15) is 24.8 Å². The van der Waals surface area contributed by atoms with E-state index in [2.05, 4.69) is 15.1 Å². The summed E-state index contributed by atoms with van der Waals surface area (Å²) in [6.07, 6.45) is 3.70. The second kappa shape index (κ2) is 10.2. The molecule has 0 saturated carbocycles. The number of ether oxygens (including phenoxy) is 2. The SMILES string of the molecule is Fc1ccc(COc2ccc(-c3ccc(OCCCN4CCCC4)cc3)nn2)cc1. The smallest absolute Gasteiger partial charge is 0.233 e. The van der Waals surface area contributed by atoms with E-state index < -0.39 is 0 Å². The van der Waals surface area contributed by atoms with Crippen molar-refractivity contribution in [3.8, 4) is 22.9 Å². The summed E-state index contributed by atoms with van der Waals surface area (Å²) < 4.78 is 24.4. The lowest BCUT2D eigenvalue weighted by molar-refractivity contribution is 0.263. The van der Waals surface area contributed by atoms with Crippen molar-refractivity contribution in [2.75, 3.05) is 26.2 Å². The molecule has 156 valence electrons. The summed E-state index contributed by atoms with van der Waals surface area (Å²) in [6, 6.07) is 17.8. The lowest BCUT2D eigenvalue weighted by atomic mass is 10.1. The molecule has 0 unspecified atom stereocenters. The highest BCUT2D eigenvalue weighted by atomic mass is 19.1. The Balaban J connectivity index is 1.24. The van der Waals surface area contributed by atoms with Crippen molar-refractivity contribution >= 4 is 0 Å². The van der Waals surface area contributed by atoms with Gasteiger partial charge in [0, 0.05) is 18.2 Å². The van der Waals surface area contributed by atoms with Gasteiger partial charge in [0.25, 0.3) is 0 Å². The van der Waals surface area contributed by atoms with E-state index in [-0.39, 0.29) is 5.82 Å². The van der Waals surface area contributed by atoms with Gasteiger partial charge in [-0.15, -0.1) is 10.2 Å². The van der Waals surface area contributed by atoms with Crippen LogP contribution in [0, 0.1) is 5.82 Å². The monoisotopic (exact) mass is 407 g/mol. The second-order valence-corrected chi connectivity index (χ2v) is 7.45. The second-order valence-electron chi connectivity index (χ2n) is 7.45. The standard InChI is InChI=1S/C24H26FN3O2/c25-21-8-4-19(5-9-21)18-30-24-13-12-23(26-27-24)20-6-10-22(11-7-20)29-17-3-16-28-14-1-2-15-28/h4-13H,1-3,14-18H2. The molecule has 4 rings (SSSR count). The maximum absolute atomic E-state index is 12.9. The van der Waals surface area contributed by atoms with Crippen LogP contribution in [-0.2, 0) is 6.61 Å².